The molecule has 0 heterocycles. The summed E-state index contributed by atoms with van der Waals surface area (Å²) < 4.78 is 0. The zero-order chi connectivity index (χ0) is 11.7. The van der Waals surface area contributed by atoms with Crippen LogP contribution in [-0.2, 0) is 4.79 Å². The van der Waals surface area contributed by atoms with E-state index in [-0.39, 0.29) is 31.2 Å². The minimum atomic E-state index is -0.248. The van der Waals surface area contributed by atoms with Gasteiger partial charge in [-0.15, -0.1) is 0 Å². The SMILES string of the molecule is CC(CN)C(=O)N(CCC#N)CCC#N. The standard InChI is InChI=1S/C10H16N4O/c1-9(8-13)10(15)14(6-2-4-11)7-3-5-12/h9H,2-3,6-8,13H2,1H3. The Kier molecular flexibility index (Phi) is 6.96. The number of rotatable bonds is 6. The molecule has 15 heavy (non-hydrogen) atoms. The molecule has 0 aliphatic rings. The van der Waals surface area contributed by atoms with Crippen LogP contribution >= 0.6 is 0 Å². The van der Waals surface area contributed by atoms with Crippen LogP contribution in [0.15, 0.2) is 0 Å². The predicted molar refractivity (Wildman–Crippen MR) is 55.3 cm³/mol. The minimum Gasteiger partial charge on any atom is -0.340 e. The fourth-order valence-electron chi connectivity index (χ4n) is 1.11. The van der Waals surface area contributed by atoms with Gasteiger partial charge in [0, 0.05) is 25.6 Å². The highest BCUT2D eigenvalue weighted by Crippen LogP contribution is 2.03. The molecular weight excluding hydrogens is 192 g/mol. The first kappa shape index (κ1) is 13.4. The molecule has 0 radical (unpaired) electrons. The van der Waals surface area contributed by atoms with E-state index in [1.54, 1.807) is 6.92 Å². The van der Waals surface area contributed by atoms with Gasteiger partial charge in [0.05, 0.1) is 25.0 Å². The Morgan fingerprint density at radius 2 is 1.80 bits per heavy atom. The Hall–Kier alpha value is -1.59. The molecular formula is C10H16N4O. The van der Waals surface area contributed by atoms with Crippen molar-refractivity contribution in [3.05, 3.63) is 0 Å². The molecule has 0 rings (SSSR count). The summed E-state index contributed by atoms with van der Waals surface area (Å²) >= 11 is 0. The Balaban J connectivity index is 4.28. The lowest BCUT2D eigenvalue weighted by molar-refractivity contribution is -0.134. The highest BCUT2D eigenvalue weighted by Gasteiger charge is 2.18. The van der Waals surface area contributed by atoms with Crippen LogP contribution < -0.4 is 5.73 Å². The van der Waals surface area contributed by atoms with Crippen molar-refractivity contribution >= 4 is 5.91 Å². The van der Waals surface area contributed by atoms with E-state index < -0.39 is 0 Å². The molecule has 0 aromatic carbocycles. The summed E-state index contributed by atoms with van der Waals surface area (Å²) in [5.74, 6) is -0.328. The molecule has 1 unspecified atom stereocenters. The highest BCUT2D eigenvalue weighted by atomic mass is 16.2. The van der Waals surface area contributed by atoms with Crippen molar-refractivity contribution in [2.45, 2.75) is 19.8 Å². The molecule has 0 spiro atoms. The first-order valence-electron chi connectivity index (χ1n) is 4.90. The van der Waals surface area contributed by atoms with E-state index in [1.165, 1.54) is 4.90 Å². The van der Waals surface area contributed by atoms with Crippen molar-refractivity contribution in [3.63, 3.8) is 0 Å². The molecule has 0 saturated heterocycles. The average Bonchev–Trinajstić information content (AvgIpc) is 2.27. The highest BCUT2D eigenvalue weighted by molar-refractivity contribution is 5.78. The maximum Gasteiger partial charge on any atom is 0.226 e. The third kappa shape index (κ3) is 4.99. The molecule has 82 valence electrons. The van der Waals surface area contributed by atoms with Gasteiger partial charge in [-0.05, 0) is 0 Å². The van der Waals surface area contributed by atoms with E-state index >= 15 is 0 Å². The van der Waals surface area contributed by atoms with Gasteiger partial charge in [-0.25, -0.2) is 0 Å². The summed E-state index contributed by atoms with van der Waals surface area (Å²) in [7, 11) is 0. The Labute approximate surface area is 90.1 Å². The quantitative estimate of drug-likeness (QED) is 0.676. The van der Waals surface area contributed by atoms with Gasteiger partial charge in [0.1, 0.15) is 0 Å². The lowest BCUT2D eigenvalue weighted by atomic mass is 10.1. The molecule has 0 fully saturated rings. The van der Waals surface area contributed by atoms with Crippen LogP contribution in [-0.4, -0.2) is 30.4 Å². The van der Waals surface area contributed by atoms with E-state index in [0.29, 0.717) is 13.1 Å². The Morgan fingerprint density at radius 1 is 1.33 bits per heavy atom. The third-order valence-corrected chi connectivity index (χ3v) is 2.07. The van der Waals surface area contributed by atoms with Crippen molar-refractivity contribution < 1.29 is 4.79 Å². The first-order chi connectivity index (χ1) is 7.17. The molecule has 2 N–H and O–H groups in total. The number of hydrogen-bond donors (Lipinski definition) is 1. The van der Waals surface area contributed by atoms with Crippen LogP contribution in [0.25, 0.3) is 0 Å². The number of nitriles is 2. The topological polar surface area (TPSA) is 93.9 Å². The summed E-state index contributed by atoms with van der Waals surface area (Å²) in [5, 5.41) is 16.9. The Bertz CT molecular complexity index is 258. The molecule has 5 nitrogen and oxygen atoms in total. The summed E-state index contributed by atoms with van der Waals surface area (Å²) in [6, 6.07) is 3.96. The molecule has 0 saturated carbocycles. The fourth-order valence-corrected chi connectivity index (χ4v) is 1.11. The van der Waals surface area contributed by atoms with Crippen LogP contribution in [0.1, 0.15) is 19.8 Å². The summed E-state index contributed by atoms with van der Waals surface area (Å²) in [5.41, 5.74) is 5.39. The maximum atomic E-state index is 11.7. The molecule has 0 aliphatic heterocycles. The monoisotopic (exact) mass is 208 g/mol. The lowest BCUT2D eigenvalue weighted by Gasteiger charge is -2.23. The summed E-state index contributed by atoms with van der Waals surface area (Å²) in [6.07, 6.45) is 0.572. The lowest BCUT2D eigenvalue weighted by Crippen LogP contribution is -2.39. The van der Waals surface area contributed by atoms with E-state index in [9.17, 15) is 4.79 Å². The molecule has 0 aliphatic carbocycles. The normalized spacial score (nSPS) is 11.2. The molecule has 5 heteroatoms. The van der Waals surface area contributed by atoms with Crippen molar-refractivity contribution in [2.24, 2.45) is 11.7 Å². The number of amides is 1. The zero-order valence-electron chi connectivity index (χ0n) is 8.94. The van der Waals surface area contributed by atoms with Crippen molar-refractivity contribution in [1.82, 2.24) is 4.90 Å². The van der Waals surface area contributed by atoms with Gasteiger partial charge in [-0.1, -0.05) is 6.92 Å². The second-order valence-corrected chi connectivity index (χ2v) is 3.28. The average molecular weight is 208 g/mol. The summed E-state index contributed by atoms with van der Waals surface area (Å²) in [4.78, 5) is 13.2. The largest absolute Gasteiger partial charge is 0.340 e. The van der Waals surface area contributed by atoms with Crippen LogP contribution in [0, 0.1) is 28.6 Å². The van der Waals surface area contributed by atoms with E-state index in [0.717, 1.165) is 0 Å². The van der Waals surface area contributed by atoms with Gasteiger partial charge in [-0.2, -0.15) is 10.5 Å². The van der Waals surface area contributed by atoms with Crippen LogP contribution in [0.3, 0.4) is 0 Å². The smallest absolute Gasteiger partial charge is 0.226 e. The molecule has 0 aromatic heterocycles. The molecule has 0 aromatic rings. The predicted octanol–water partition coefficient (Wildman–Crippen LogP) is 0.237. The first-order valence-corrected chi connectivity index (χ1v) is 4.90. The summed E-state index contributed by atoms with van der Waals surface area (Å²) in [6.45, 7) is 2.78. The molecule has 1 atom stereocenters. The van der Waals surface area contributed by atoms with E-state index in [2.05, 4.69) is 0 Å². The number of nitrogens with two attached hydrogens (primary N) is 1. The van der Waals surface area contributed by atoms with Gasteiger partial charge >= 0.3 is 0 Å². The van der Waals surface area contributed by atoms with E-state index in [1.807, 2.05) is 12.1 Å². The molecule has 0 bridgehead atoms. The van der Waals surface area contributed by atoms with Crippen LogP contribution in [0.5, 0.6) is 0 Å². The number of carbonyl (C=O) groups excluding carboxylic acids is 1. The number of nitrogens with zero attached hydrogens (tertiary/aromatic N) is 3. The second kappa shape index (κ2) is 7.78. The van der Waals surface area contributed by atoms with Crippen molar-refractivity contribution in [1.29, 1.82) is 10.5 Å². The zero-order valence-corrected chi connectivity index (χ0v) is 8.94. The Morgan fingerprint density at radius 3 is 2.13 bits per heavy atom. The van der Waals surface area contributed by atoms with Gasteiger partial charge in [0.15, 0.2) is 0 Å². The third-order valence-electron chi connectivity index (χ3n) is 2.07. The van der Waals surface area contributed by atoms with Gasteiger partial charge in [-0.3, -0.25) is 4.79 Å². The minimum absolute atomic E-state index is 0.0806. The van der Waals surface area contributed by atoms with E-state index in [4.69, 9.17) is 16.3 Å². The van der Waals surface area contributed by atoms with Gasteiger partial charge in [0.2, 0.25) is 5.91 Å². The number of hydrogen-bond acceptors (Lipinski definition) is 4. The molecule has 1 amide bonds. The van der Waals surface area contributed by atoms with Gasteiger partial charge < -0.3 is 10.6 Å². The number of carbonyl (C=O) groups is 1. The van der Waals surface area contributed by atoms with Crippen LogP contribution in [0.4, 0.5) is 0 Å². The van der Waals surface area contributed by atoms with Crippen molar-refractivity contribution in [3.8, 4) is 12.1 Å². The van der Waals surface area contributed by atoms with Crippen molar-refractivity contribution in [2.75, 3.05) is 19.6 Å². The van der Waals surface area contributed by atoms with Crippen LogP contribution in [0.2, 0.25) is 0 Å². The second-order valence-electron chi connectivity index (χ2n) is 3.28. The van der Waals surface area contributed by atoms with Gasteiger partial charge in [0.25, 0.3) is 0 Å². The maximum absolute atomic E-state index is 11.7. The fraction of sp³-hybridized carbons (Fsp3) is 0.700.